The van der Waals surface area contributed by atoms with Crippen LogP contribution in [-0.2, 0) is 0 Å². The van der Waals surface area contributed by atoms with Crippen molar-refractivity contribution in [3.63, 3.8) is 0 Å². The average molecular weight is 286 g/mol. The van der Waals surface area contributed by atoms with E-state index in [1.807, 2.05) is 0 Å². The van der Waals surface area contributed by atoms with Crippen molar-refractivity contribution in [3.8, 4) is 5.75 Å². The molecule has 1 atom stereocenters. The molecule has 0 amide bonds. The van der Waals surface area contributed by atoms with E-state index in [4.69, 9.17) is 5.73 Å². The maximum Gasteiger partial charge on any atom is 0.387 e. The number of hydrogen-bond donors (Lipinski definition) is 1. The van der Waals surface area contributed by atoms with Gasteiger partial charge in [-0.3, -0.25) is 0 Å². The van der Waals surface area contributed by atoms with Crippen LogP contribution in [-0.4, -0.2) is 31.1 Å². The van der Waals surface area contributed by atoms with Gasteiger partial charge in [0.25, 0.3) is 0 Å². The third-order valence-corrected chi connectivity index (χ3v) is 3.26. The maximum absolute atomic E-state index is 12.4. The summed E-state index contributed by atoms with van der Waals surface area (Å²) in [4.78, 5) is 2.23. The van der Waals surface area contributed by atoms with Gasteiger partial charge in [0.1, 0.15) is 5.75 Å². The van der Waals surface area contributed by atoms with Crippen LogP contribution in [0.4, 0.5) is 8.78 Å². The van der Waals surface area contributed by atoms with Crippen LogP contribution in [0, 0.1) is 0 Å². The van der Waals surface area contributed by atoms with Gasteiger partial charge in [0.05, 0.1) is 0 Å². The van der Waals surface area contributed by atoms with Gasteiger partial charge in [0.2, 0.25) is 0 Å². The van der Waals surface area contributed by atoms with Crippen molar-refractivity contribution in [2.24, 2.45) is 5.73 Å². The Balaban J connectivity index is 2.72. The second kappa shape index (κ2) is 8.87. The summed E-state index contributed by atoms with van der Waals surface area (Å²) in [6, 6.07) is 6.40. The maximum atomic E-state index is 12.4. The van der Waals surface area contributed by atoms with Crippen LogP contribution in [0.3, 0.4) is 0 Å². The van der Waals surface area contributed by atoms with Crippen molar-refractivity contribution >= 4 is 0 Å². The van der Waals surface area contributed by atoms with E-state index in [-0.39, 0.29) is 11.8 Å². The lowest BCUT2D eigenvalue weighted by Crippen LogP contribution is -2.33. The van der Waals surface area contributed by atoms with Gasteiger partial charge in [0, 0.05) is 18.2 Å². The zero-order chi connectivity index (χ0) is 15.0. The van der Waals surface area contributed by atoms with Crippen molar-refractivity contribution < 1.29 is 13.5 Å². The summed E-state index contributed by atoms with van der Waals surface area (Å²) in [6.45, 7) is 3.89. The third-order valence-electron chi connectivity index (χ3n) is 3.26. The Labute approximate surface area is 119 Å². The summed E-state index contributed by atoms with van der Waals surface area (Å²) in [5, 5.41) is 0. The van der Waals surface area contributed by atoms with E-state index in [9.17, 15) is 8.78 Å². The van der Waals surface area contributed by atoms with Gasteiger partial charge in [-0.15, -0.1) is 0 Å². The molecule has 3 nitrogen and oxygen atoms in total. The lowest BCUT2D eigenvalue weighted by molar-refractivity contribution is -0.0506. The van der Waals surface area contributed by atoms with E-state index < -0.39 is 6.61 Å². The van der Waals surface area contributed by atoms with Crippen molar-refractivity contribution in [3.05, 3.63) is 29.8 Å². The van der Waals surface area contributed by atoms with Crippen LogP contribution in [0.15, 0.2) is 24.3 Å². The summed E-state index contributed by atoms with van der Waals surface area (Å²) >= 11 is 0. The minimum atomic E-state index is -2.83. The molecule has 0 bridgehead atoms. The number of para-hydroxylation sites is 1. The molecular formula is C15H24F2N2O. The highest BCUT2D eigenvalue weighted by molar-refractivity contribution is 5.36. The first-order valence-electron chi connectivity index (χ1n) is 7.10. The Bertz CT molecular complexity index is 388. The summed E-state index contributed by atoms with van der Waals surface area (Å²) in [6.07, 6.45) is 2.23. The topological polar surface area (TPSA) is 38.5 Å². The molecule has 1 aromatic rings. The van der Waals surface area contributed by atoms with E-state index in [1.54, 1.807) is 18.2 Å². The molecule has 0 saturated heterocycles. The highest BCUT2D eigenvalue weighted by Gasteiger charge is 2.17. The van der Waals surface area contributed by atoms with Crippen LogP contribution in [0.25, 0.3) is 0 Å². The molecule has 0 heterocycles. The van der Waals surface area contributed by atoms with Crippen molar-refractivity contribution in [2.45, 2.75) is 39.3 Å². The molecule has 0 aliphatic heterocycles. The Morgan fingerprint density at radius 3 is 2.55 bits per heavy atom. The van der Waals surface area contributed by atoms with Crippen molar-refractivity contribution in [1.29, 1.82) is 0 Å². The molecule has 0 aliphatic carbocycles. The average Bonchev–Trinajstić information content (AvgIpc) is 2.43. The standard InChI is InChI=1S/C15H24F2N2O/c1-3-5-10-19(4-2)11-13(18)12-8-6-7-9-14(12)20-15(16)17/h6-9,13,15H,3-5,10-11,18H2,1-2H3. The smallest absolute Gasteiger partial charge is 0.387 e. The molecule has 114 valence electrons. The minimum Gasteiger partial charge on any atom is -0.434 e. The quantitative estimate of drug-likeness (QED) is 0.756. The number of halogens is 2. The number of unbranched alkanes of at least 4 members (excludes halogenated alkanes) is 1. The van der Waals surface area contributed by atoms with Gasteiger partial charge in [-0.1, -0.05) is 38.5 Å². The van der Waals surface area contributed by atoms with E-state index in [2.05, 4.69) is 23.5 Å². The van der Waals surface area contributed by atoms with E-state index in [0.717, 1.165) is 25.9 Å². The lowest BCUT2D eigenvalue weighted by Gasteiger charge is -2.25. The van der Waals surface area contributed by atoms with Gasteiger partial charge in [-0.25, -0.2) is 0 Å². The summed E-state index contributed by atoms with van der Waals surface area (Å²) < 4.78 is 29.3. The first-order chi connectivity index (χ1) is 9.58. The fourth-order valence-electron chi connectivity index (χ4n) is 2.13. The Hall–Kier alpha value is -1.20. The molecule has 0 aromatic heterocycles. The Morgan fingerprint density at radius 1 is 1.25 bits per heavy atom. The number of ether oxygens (including phenoxy) is 1. The molecule has 0 spiro atoms. The second-order valence-electron chi connectivity index (χ2n) is 4.77. The van der Waals surface area contributed by atoms with Crippen molar-refractivity contribution in [2.75, 3.05) is 19.6 Å². The number of rotatable bonds is 9. The number of nitrogens with two attached hydrogens (primary N) is 1. The highest BCUT2D eigenvalue weighted by atomic mass is 19.3. The summed E-state index contributed by atoms with van der Waals surface area (Å²) in [5.74, 6) is 0.168. The molecule has 1 aromatic carbocycles. The Morgan fingerprint density at radius 2 is 1.95 bits per heavy atom. The monoisotopic (exact) mass is 286 g/mol. The van der Waals surface area contributed by atoms with Crippen LogP contribution in [0.1, 0.15) is 38.3 Å². The number of likely N-dealkylation sites (N-methyl/N-ethyl adjacent to an activating group) is 1. The fraction of sp³-hybridized carbons (Fsp3) is 0.600. The van der Waals surface area contributed by atoms with Crippen LogP contribution in [0.5, 0.6) is 5.75 Å². The molecule has 0 radical (unpaired) electrons. The number of alkyl halides is 2. The summed E-state index contributed by atoms with van der Waals surface area (Å²) in [7, 11) is 0. The first kappa shape index (κ1) is 16.9. The summed E-state index contributed by atoms with van der Waals surface area (Å²) in [5.41, 5.74) is 6.78. The van der Waals surface area contributed by atoms with Crippen LogP contribution in [0.2, 0.25) is 0 Å². The third kappa shape index (κ3) is 5.43. The van der Waals surface area contributed by atoms with Gasteiger partial charge < -0.3 is 15.4 Å². The number of nitrogens with zero attached hydrogens (tertiary/aromatic N) is 1. The number of hydrogen-bond acceptors (Lipinski definition) is 3. The molecule has 0 aliphatic rings. The zero-order valence-electron chi connectivity index (χ0n) is 12.2. The van der Waals surface area contributed by atoms with Gasteiger partial charge in [-0.2, -0.15) is 8.78 Å². The predicted octanol–water partition coefficient (Wildman–Crippen LogP) is 3.41. The molecular weight excluding hydrogens is 262 g/mol. The van der Waals surface area contributed by atoms with Gasteiger partial charge >= 0.3 is 6.61 Å². The Kier molecular flexibility index (Phi) is 7.47. The van der Waals surface area contributed by atoms with Gasteiger partial charge in [0.15, 0.2) is 0 Å². The molecule has 1 rings (SSSR count). The molecule has 2 N–H and O–H groups in total. The van der Waals surface area contributed by atoms with Gasteiger partial charge in [-0.05, 0) is 25.6 Å². The zero-order valence-corrected chi connectivity index (χ0v) is 12.2. The van der Waals surface area contributed by atoms with Crippen LogP contribution >= 0.6 is 0 Å². The lowest BCUT2D eigenvalue weighted by atomic mass is 10.1. The van der Waals surface area contributed by atoms with E-state index >= 15 is 0 Å². The first-order valence-corrected chi connectivity index (χ1v) is 7.10. The second-order valence-corrected chi connectivity index (χ2v) is 4.77. The molecule has 5 heteroatoms. The van der Waals surface area contributed by atoms with E-state index in [0.29, 0.717) is 12.1 Å². The normalized spacial score (nSPS) is 12.9. The predicted molar refractivity (Wildman–Crippen MR) is 77.0 cm³/mol. The molecule has 0 fully saturated rings. The SMILES string of the molecule is CCCCN(CC)CC(N)c1ccccc1OC(F)F. The van der Waals surface area contributed by atoms with E-state index in [1.165, 1.54) is 6.07 Å². The van der Waals surface area contributed by atoms with Crippen LogP contribution < -0.4 is 10.5 Å². The molecule has 20 heavy (non-hydrogen) atoms. The molecule has 0 saturated carbocycles. The number of benzene rings is 1. The fourth-order valence-corrected chi connectivity index (χ4v) is 2.13. The highest BCUT2D eigenvalue weighted by Crippen LogP contribution is 2.25. The minimum absolute atomic E-state index is 0.168. The molecule has 1 unspecified atom stereocenters. The largest absolute Gasteiger partial charge is 0.434 e. The van der Waals surface area contributed by atoms with Crippen molar-refractivity contribution in [1.82, 2.24) is 4.90 Å².